The molecule has 0 radical (unpaired) electrons. The van der Waals surface area contributed by atoms with Crippen molar-refractivity contribution >= 4 is 11.9 Å². The van der Waals surface area contributed by atoms with Gasteiger partial charge in [-0.15, -0.1) is 0 Å². The molecule has 0 bridgehead atoms. The van der Waals surface area contributed by atoms with Crippen molar-refractivity contribution in [1.82, 2.24) is 10.1 Å². The van der Waals surface area contributed by atoms with E-state index in [-0.39, 0.29) is 12.2 Å². The highest BCUT2D eigenvalue weighted by Crippen LogP contribution is 2.40. The Kier molecular flexibility index (Phi) is 4.14. The van der Waals surface area contributed by atoms with Gasteiger partial charge in [0.2, 0.25) is 0 Å². The third-order valence-electron chi connectivity index (χ3n) is 4.01. The van der Waals surface area contributed by atoms with Crippen molar-refractivity contribution in [2.75, 3.05) is 0 Å². The number of rotatable bonds is 6. The summed E-state index contributed by atoms with van der Waals surface area (Å²) in [6.07, 6.45) is 2.09. The maximum atomic E-state index is 12.7. The van der Waals surface area contributed by atoms with Crippen LogP contribution in [0.1, 0.15) is 47.5 Å². The zero-order valence-electron chi connectivity index (χ0n) is 12.8. The minimum Gasteiger partial charge on any atom is -0.480 e. The van der Waals surface area contributed by atoms with E-state index in [1.165, 1.54) is 11.8 Å². The van der Waals surface area contributed by atoms with Gasteiger partial charge in [0.15, 0.2) is 5.69 Å². The lowest BCUT2D eigenvalue weighted by Gasteiger charge is -2.25. The Morgan fingerprint density at radius 3 is 2.65 bits per heavy atom. The summed E-state index contributed by atoms with van der Waals surface area (Å²) in [5, 5.41) is 13.1. The molecular formula is C17H18N2O4. The highest BCUT2D eigenvalue weighted by atomic mass is 16.5. The number of amides is 1. The average molecular weight is 314 g/mol. The molecule has 1 aromatic heterocycles. The van der Waals surface area contributed by atoms with Crippen molar-refractivity contribution in [2.24, 2.45) is 0 Å². The molecule has 1 aliphatic carbocycles. The van der Waals surface area contributed by atoms with Crippen LogP contribution in [0.15, 0.2) is 40.9 Å². The summed E-state index contributed by atoms with van der Waals surface area (Å²) in [7, 11) is 0. The molecule has 1 aliphatic rings. The molecule has 0 aliphatic heterocycles. The fourth-order valence-electron chi connectivity index (χ4n) is 2.40. The number of carbonyl (C=O) groups excluding carboxylic acids is 1. The van der Waals surface area contributed by atoms with E-state index in [9.17, 15) is 14.7 Å². The van der Waals surface area contributed by atoms with Crippen LogP contribution >= 0.6 is 0 Å². The van der Waals surface area contributed by atoms with Gasteiger partial charge in [0, 0.05) is 18.5 Å². The van der Waals surface area contributed by atoms with Gasteiger partial charge in [-0.1, -0.05) is 35.5 Å². The van der Waals surface area contributed by atoms with E-state index < -0.39 is 17.9 Å². The number of hydrogen-bond donors (Lipinski definition) is 1. The highest BCUT2D eigenvalue weighted by Gasteiger charge is 2.32. The normalized spacial score (nSPS) is 15.2. The van der Waals surface area contributed by atoms with Crippen molar-refractivity contribution in [2.45, 2.75) is 38.3 Å². The molecule has 1 heterocycles. The van der Waals surface area contributed by atoms with Crippen molar-refractivity contribution in [1.29, 1.82) is 0 Å². The Labute approximate surface area is 133 Å². The maximum absolute atomic E-state index is 12.7. The van der Waals surface area contributed by atoms with Crippen molar-refractivity contribution in [3.05, 3.63) is 53.4 Å². The number of aromatic nitrogens is 1. The van der Waals surface area contributed by atoms with Gasteiger partial charge in [-0.3, -0.25) is 4.79 Å². The molecule has 6 heteroatoms. The highest BCUT2D eigenvalue weighted by molar-refractivity contribution is 5.94. The first-order valence-corrected chi connectivity index (χ1v) is 7.60. The lowest BCUT2D eigenvalue weighted by atomic mass is 10.1. The van der Waals surface area contributed by atoms with Crippen LogP contribution in [0, 0.1) is 0 Å². The first kappa shape index (κ1) is 15.3. The molecule has 0 spiro atoms. The Hall–Kier alpha value is -2.63. The molecular weight excluding hydrogens is 296 g/mol. The third kappa shape index (κ3) is 3.41. The van der Waals surface area contributed by atoms with E-state index in [0.717, 1.165) is 18.4 Å². The zero-order valence-corrected chi connectivity index (χ0v) is 12.8. The Morgan fingerprint density at radius 2 is 2.04 bits per heavy atom. The number of benzene rings is 1. The summed E-state index contributed by atoms with van der Waals surface area (Å²) in [4.78, 5) is 25.3. The van der Waals surface area contributed by atoms with Crippen LogP contribution in [-0.2, 0) is 11.3 Å². The first-order valence-electron chi connectivity index (χ1n) is 7.60. The molecule has 1 atom stereocenters. The van der Waals surface area contributed by atoms with Crippen LogP contribution in [0.3, 0.4) is 0 Å². The molecule has 0 saturated heterocycles. The Bertz CT molecular complexity index is 706. The largest absolute Gasteiger partial charge is 0.480 e. The standard InChI is InChI=1S/C17H18N2O4/c1-11(17(21)22)19(10-12-5-3-2-4-6-12)16(20)14-9-15(23-18-14)13-7-8-13/h2-6,9,11,13H,7-8,10H2,1H3,(H,21,22). The van der Waals surface area contributed by atoms with Gasteiger partial charge in [-0.05, 0) is 25.3 Å². The minimum atomic E-state index is -1.06. The molecule has 3 rings (SSSR count). The number of carboxylic acids is 1. The fraction of sp³-hybridized carbons (Fsp3) is 0.353. The van der Waals surface area contributed by atoms with E-state index in [2.05, 4.69) is 5.16 Å². The quantitative estimate of drug-likeness (QED) is 0.886. The topological polar surface area (TPSA) is 83.6 Å². The Balaban J connectivity index is 1.83. The molecule has 6 nitrogen and oxygen atoms in total. The monoisotopic (exact) mass is 314 g/mol. The van der Waals surface area contributed by atoms with E-state index in [0.29, 0.717) is 11.7 Å². The number of hydrogen-bond acceptors (Lipinski definition) is 4. The molecule has 120 valence electrons. The van der Waals surface area contributed by atoms with Crippen molar-refractivity contribution in [3.63, 3.8) is 0 Å². The molecule has 1 amide bonds. The molecule has 2 aromatic rings. The lowest BCUT2D eigenvalue weighted by molar-refractivity contribution is -0.141. The zero-order chi connectivity index (χ0) is 16.4. The van der Waals surface area contributed by atoms with Crippen LogP contribution in [0.4, 0.5) is 0 Å². The molecule has 1 N–H and O–H groups in total. The predicted molar refractivity (Wildman–Crippen MR) is 81.9 cm³/mol. The van der Waals surface area contributed by atoms with E-state index in [4.69, 9.17) is 4.52 Å². The van der Waals surface area contributed by atoms with Crippen LogP contribution < -0.4 is 0 Å². The molecule has 1 aromatic carbocycles. The Morgan fingerprint density at radius 1 is 1.35 bits per heavy atom. The summed E-state index contributed by atoms with van der Waals surface area (Å²) in [5.74, 6) is -0.431. The van der Waals surface area contributed by atoms with Crippen molar-refractivity contribution < 1.29 is 19.2 Å². The molecule has 23 heavy (non-hydrogen) atoms. The second-order valence-corrected chi connectivity index (χ2v) is 5.82. The SMILES string of the molecule is CC(C(=O)O)N(Cc1ccccc1)C(=O)c1cc(C2CC2)on1. The second kappa shape index (κ2) is 6.24. The predicted octanol–water partition coefficient (Wildman–Crippen LogP) is 2.67. The summed E-state index contributed by atoms with van der Waals surface area (Å²) >= 11 is 0. The first-order chi connectivity index (χ1) is 11.1. The van der Waals surface area contributed by atoms with E-state index in [1.54, 1.807) is 6.07 Å². The van der Waals surface area contributed by atoms with Gasteiger partial charge in [0.05, 0.1) is 0 Å². The molecule has 1 saturated carbocycles. The molecule has 1 fully saturated rings. The third-order valence-corrected chi connectivity index (χ3v) is 4.01. The van der Waals surface area contributed by atoms with Crippen LogP contribution in [0.25, 0.3) is 0 Å². The summed E-state index contributed by atoms with van der Waals surface area (Å²) in [6.45, 7) is 1.70. The maximum Gasteiger partial charge on any atom is 0.326 e. The number of aliphatic carboxylic acids is 1. The second-order valence-electron chi connectivity index (χ2n) is 5.82. The summed E-state index contributed by atoms with van der Waals surface area (Å²) in [6, 6.07) is 9.96. The van der Waals surface area contributed by atoms with Gasteiger partial charge in [-0.25, -0.2) is 4.79 Å². The van der Waals surface area contributed by atoms with Crippen molar-refractivity contribution in [3.8, 4) is 0 Å². The average Bonchev–Trinajstić information content (AvgIpc) is 3.29. The van der Waals surface area contributed by atoms with Crippen LogP contribution in [0.5, 0.6) is 0 Å². The van der Waals surface area contributed by atoms with Crippen LogP contribution in [-0.4, -0.2) is 33.1 Å². The summed E-state index contributed by atoms with van der Waals surface area (Å²) < 4.78 is 5.21. The van der Waals surface area contributed by atoms with Gasteiger partial charge in [-0.2, -0.15) is 0 Å². The number of carboxylic acid groups (broad SMARTS) is 1. The fourth-order valence-corrected chi connectivity index (χ4v) is 2.40. The van der Waals surface area contributed by atoms with E-state index >= 15 is 0 Å². The van der Waals surface area contributed by atoms with Gasteiger partial charge >= 0.3 is 5.97 Å². The minimum absolute atomic E-state index is 0.163. The number of carbonyl (C=O) groups is 2. The number of nitrogens with zero attached hydrogens (tertiary/aromatic N) is 2. The lowest BCUT2D eigenvalue weighted by Crippen LogP contribution is -2.42. The van der Waals surface area contributed by atoms with Crippen LogP contribution in [0.2, 0.25) is 0 Å². The molecule has 1 unspecified atom stereocenters. The van der Waals surface area contributed by atoms with Gasteiger partial charge < -0.3 is 14.5 Å². The smallest absolute Gasteiger partial charge is 0.326 e. The van der Waals surface area contributed by atoms with Gasteiger partial charge in [0.25, 0.3) is 5.91 Å². The summed E-state index contributed by atoms with van der Waals surface area (Å²) in [5.41, 5.74) is 1.02. The van der Waals surface area contributed by atoms with Gasteiger partial charge in [0.1, 0.15) is 11.8 Å². The van der Waals surface area contributed by atoms with E-state index in [1.807, 2.05) is 30.3 Å².